The SMILES string of the molecule is C=CCCCCCCCP(CCCCCCCC=C)CCCCCCCC=C. The van der Waals surface area contributed by atoms with Crippen LogP contribution in [-0.4, -0.2) is 18.5 Å². The predicted octanol–water partition coefficient (Wildman–Crippen LogP) is 10.0. The molecule has 0 rings (SSSR count). The molecule has 0 aliphatic carbocycles. The molecule has 0 fully saturated rings. The van der Waals surface area contributed by atoms with Gasteiger partial charge >= 0.3 is 0 Å². The van der Waals surface area contributed by atoms with Crippen LogP contribution in [0.2, 0.25) is 0 Å². The Morgan fingerprint density at radius 1 is 0.357 bits per heavy atom. The van der Waals surface area contributed by atoms with Gasteiger partial charge < -0.3 is 0 Å². The van der Waals surface area contributed by atoms with E-state index in [0.29, 0.717) is 7.92 Å². The fourth-order valence-electron chi connectivity index (χ4n) is 3.80. The molecule has 0 spiro atoms. The summed E-state index contributed by atoms with van der Waals surface area (Å²) in [7, 11) is 0.308. The minimum Gasteiger partial charge on any atom is -0.107 e. The van der Waals surface area contributed by atoms with E-state index in [1.807, 2.05) is 0 Å². The van der Waals surface area contributed by atoms with Gasteiger partial charge in [-0.05, 0) is 76.3 Å². The van der Waals surface area contributed by atoms with Crippen LogP contribution in [0.25, 0.3) is 0 Å². The number of hydrogen-bond acceptors (Lipinski definition) is 0. The Morgan fingerprint density at radius 2 is 0.607 bits per heavy atom. The smallest absolute Gasteiger partial charge is 0.0326 e. The maximum Gasteiger partial charge on any atom is -0.0326 e. The minimum absolute atomic E-state index is 0.308. The Morgan fingerprint density at radius 3 is 0.893 bits per heavy atom. The minimum atomic E-state index is 0.308. The average Bonchev–Trinajstić information content (AvgIpc) is 2.71. The summed E-state index contributed by atoms with van der Waals surface area (Å²) in [6.07, 6.45) is 35.8. The summed E-state index contributed by atoms with van der Waals surface area (Å²) >= 11 is 0. The van der Waals surface area contributed by atoms with Gasteiger partial charge in [0.1, 0.15) is 0 Å². The Labute approximate surface area is 180 Å². The van der Waals surface area contributed by atoms with Crippen LogP contribution in [0.15, 0.2) is 38.0 Å². The standard InChI is InChI=1S/C27H51P/c1-4-7-10-13-16-19-22-25-28(26-23-20-17-14-11-8-5-2)27-24-21-18-15-12-9-6-3/h4-6H,1-3,7-27H2. The molecule has 0 bridgehead atoms. The quantitative estimate of drug-likeness (QED) is 0.0849. The van der Waals surface area contributed by atoms with Gasteiger partial charge in [-0.15, -0.1) is 27.7 Å². The van der Waals surface area contributed by atoms with E-state index in [-0.39, 0.29) is 0 Å². The highest BCUT2D eigenvalue weighted by molar-refractivity contribution is 7.57. The van der Waals surface area contributed by atoms with E-state index in [2.05, 4.69) is 38.0 Å². The van der Waals surface area contributed by atoms with Gasteiger partial charge in [0.25, 0.3) is 0 Å². The first-order valence-electron chi connectivity index (χ1n) is 12.4. The average molecular weight is 407 g/mol. The Hall–Kier alpha value is -0.350. The lowest BCUT2D eigenvalue weighted by Gasteiger charge is -2.18. The number of hydrogen-bond donors (Lipinski definition) is 0. The van der Waals surface area contributed by atoms with E-state index < -0.39 is 0 Å². The van der Waals surface area contributed by atoms with Crippen LogP contribution < -0.4 is 0 Å². The van der Waals surface area contributed by atoms with Gasteiger partial charge in [0.15, 0.2) is 0 Å². The van der Waals surface area contributed by atoms with Gasteiger partial charge in [-0.2, -0.15) is 0 Å². The van der Waals surface area contributed by atoms with Crippen molar-refractivity contribution in [3.05, 3.63) is 38.0 Å². The second kappa shape index (κ2) is 24.7. The van der Waals surface area contributed by atoms with Gasteiger partial charge in [0.2, 0.25) is 0 Å². The molecule has 0 aliphatic rings. The van der Waals surface area contributed by atoms with E-state index in [1.165, 1.54) is 116 Å². The molecule has 0 radical (unpaired) electrons. The lowest BCUT2D eigenvalue weighted by molar-refractivity contribution is 0.629. The van der Waals surface area contributed by atoms with Crippen molar-refractivity contribution in [3.8, 4) is 0 Å². The number of allylic oxidation sites excluding steroid dienone is 3. The molecule has 0 aromatic carbocycles. The molecule has 0 unspecified atom stereocenters. The third-order valence-corrected chi connectivity index (χ3v) is 8.49. The van der Waals surface area contributed by atoms with Crippen LogP contribution >= 0.6 is 7.92 Å². The van der Waals surface area contributed by atoms with Gasteiger partial charge in [-0.3, -0.25) is 0 Å². The highest BCUT2D eigenvalue weighted by atomic mass is 31.1. The predicted molar refractivity (Wildman–Crippen MR) is 135 cm³/mol. The van der Waals surface area contributed by atoms with Crippen molar-refractivity contribution in [2.45, 2.75) is 116 Å². The lowest BCUT2D eigenvalue weighted by Crippen LogP contribution is -1.97. The second-order valence-electron chi connectivity index (χ2n) is 8.38. The van der Waals surface area contributed by atoms with Crippen LogP contribution in [0.5, 0.6) is 0 Å². The van der Waals surface area contributed by atoms with Crippen molar-refractivity contribution in [1.29, 1.82) is 0 Å². The summed E-state index contributed by atoms with van der Waals surface area (Å²) in [4.78, 5) is 0. The molecular weight excluding hydrogens is 355 g/mol. The molecule has 0 N–H and O–H groups in total. The maximum atomic E-state index is 3.82. The molecule has 0 saturated carbocycles. The number of unbranched alkanes of at least 4 members (excludes halogenated alkanes) is 15. The van der Waals surface area contributed by atoms with E-state index in [0.717, 1.165) is 0 Å². The van der Waals surface area contributed by atoms with Crippen molar-refractivity contribution < 1.29 is 0 Å². The molecule has 0 atom stereocenters. The fraction of sp³-hybridized carbons (Fsp3) is 0.778. The summed E-state index contributed by atoms with van der Waals surface area (Å²) in [6.45, 7) is 11.5. The van der Waals surface area contributed by atoms with Gasteiger partial charge in [0.05, 0.1) is 0 Å². The molecule has 1 heteroatoms. The largest absolute Gasteiger partial charge is 0.107 e. The fourth-order valence-corrected chi connectivity index (χ4v) is 6.48. The molecule has 0 saturated heterocycles. The monoisotopic (exact) mass is 406 g/mol. The molecular formula is C27H51P. The van der Waals surface area contributed by atoms with Crippen molar-refractivity contribution in [2.75, 3.05) is 18.5 Å². The zero-order valence-corrected chi connectivity index (χ0v) is 20.0. The summed E-state index contributed by atoms with van der Waals surface area (Å²) in [5.41, 5.74) is 0. The van der Waals surface area contributed by atoms with Crippen molar-refractivity contribution >= 4 is 7.92 Å². The highest BCUT2D eigenvalue weighted by Gasteiger charge is 2.08. The third-order valence-electron chi connectivity index (χ3n) is 5.65. The highest BCUT2D eigenvalue weighted by Crippen LogP contribution is 2.39. The summed E-state index contributed by atoms with van der Waals surface area (Å²) in [6, 6.07) is 0. The van der Waals surface area contributed by atoms with Crippen LogP contribution in [-0.2, 0) is 0 Å². The molecule has 0 nitrogen and oxygen atoms in total. The van der Waals surface area contributed by atoms with Crippen molar-refractivity contribution in [1.82, 2.24) is 0 Å². The van der Waals surface area contributed by atoms with Crippen molar-refractivity contribution in [3.63, 3.8) is 0 Å². The summed E-state index contributed by atoms with van der Waals surface area (Å²) in [5.74, 6) is 0. The van der Waals surface area contributed by atoms with Gasteiger partial charge in [-0.25, -0.2) is 0 Å². The van der Waals surface area contributed by atoms with E-state index in [1.54, 1.807) is 18.5 Å². The first-order chi connectivity index (χ1) is 13.8. The third kappa shape index (κ3) is 21.9. The molecule has 28 heavy (non-hydrogen) atoms. The summed E-state index contributed by atoms with van der Waals surface area (Å²) < 4.78 is 0. The van der Waals surface area contributed by atoms with Crippen LogP contribution in [0.3, 0.4) is 0 Å². The van der Waals surface area contributed by atoms with Gasteiger partial charge in [0, 0.05) is 0 Å². The molecule has 0 aliphatic heterocycles. The number of rotatable bonds is 24. The van der Waals surface area contributed by atoms with Gasteiger partial charge in [-0.1, -0.05) is 76.0 Å². The van der Waals surface area contributed by atoms with E-state index >= 15 is 0 Å². The molecule has 0 aromatic heterocycles. The van der Waals surface area contributed by atoms with E-state index in [9.17, 15) is 0 Å². The Kier molecular flexibility index (Phi) is 24.4. The Balaban J connectivity index is 3.83. The van der Waals surface area contributed by atoms with E-state index in [4.69, 9.17) is 0 Å². The topological polar surface area (TPSA) is 0 Å². The van der Waals surface area contributed by atoms with Crippen LogP contribution in [0.4, 0.5) is 0 Å². The first-order valence-corrected chi connectivity index (χ1v) is 14.3. The molecule has 0 aromatic rings. The zero-order valence-electron chi connectivity index (χ0n) is 19.1. The van der Waals surface area contributed by atoms with Crippen LogP contribution in [0, 0.1) is 0 Å². The molecule has 164 valence electrons. The molecule has 0 heterocycles. The Bertz CT molecular complexity index is 281. The first kappa shape index (κ1) is 27.6. The zero-order chi connectivity index (χ0) is 20.5. The second-order valence-corrected chi connectivity index (χ2v) is 11.1. The van der Waals surface area contributed by atoms with Crippen LogP contribution in [0.1, 0.15) is 116 Å². The molecule has 0 amide bonds. The van der Waals surface area contributed by atoms with Crippen molar-refractivity contribution in [2.24, 2.45) is 0 Å². The summed E-state index contributed by atoms with van der Waals surface area (Å²) in [5, 5.41) is 0. The lowest BCUT2D eigenvalue weighted by atomic mass is 10.1. The normalized spacial score (nSPS) is 11.0. The maximum absolute atomic E-state index is 3.82.